The molecule has 0 aliphatic heterocycles. The molecule has 0 saturated heterocycles. The van der Waals surface area contributed by atoms with Crippen LogP contribution in [0.5, 0.6) is 0 Å². The summed E-state index contributed by atoms with van der Waals surface area (Å²) in [4.78, 5) is 7.37. The molecule has 2 aromatic heterocycles. The molecule has 0 spiro atoms. The average molecular weight is 263 g/mol. The second-order valence-corrected chi connectivity index (χ2v) is 5.15. The van der Waals surface area contributed by atoms with Gasteiger partial charge in [-0.15, -0.1) is 0 Å². The number of hydrogen-bond acceptors (Lipinski definition) is 3. The molecule has 5 heteroatoms. The van der Waals surface area contributed by atoms with Crippen LogP contribution in [0.4, 0.5) is 5.13 Å². The number of nitrogens with two attached hydrogens (primary N) is 1. The summed E-state index contributed by atoms with van der Waals surface area (Å²) in [6.45, 7) is 0. The Bertz CT molecular complexity index is 676. The second kappa shape index (κ2) is 3.98. The van der Waals surface area contributed by atoms with Gasteiger partial charge in [0.2, 0.25) is 5.69 Å². The summed E-state index contributed by atoms with van der Waals surface area (Å²) in [5, 5.41) is 1.29. The summed E-state index contributed by atoms with van der Waals surface area (Å²) in [7, 11) is 0. The summed E-state index contributed by atoms with van der Waals surface area (Å²) in [5.74, 6) is 0. The van der Waals surface area contributed by atoms with E-state index in [-0.39, 0.29) is 0 Å². The van der Waals surface area contributed by atoms with Crippen LogP contribution in [0.25, 0.3) is 21.5 Å². The van der Waals surface area contributed by atoms with Crippen molar-refractivity contribution in [1.29, 1.82) is 0 Å². The summed E-state index contributed by atoms with van der Waals surface area (Å²) in [5.41, 5.74) is 8.73. The molecule has 3 rings (SSSR count). The number of nitrogen functional groups attached to an aromatic ring is 1. The van der Waals surface area contributed by atoms with Gasteiger partial charge in [-0.3, -0.25) is 0 Å². The SMILES string of the molecule is Nc1nc2ccc(-c3ccc(Cl)c[nH+]3)cc2s1. The number of pyridine rings is 1. The third kappa shape index (κ3) is 1.97. The minimum atomic E-state index is 0.595. The third-order valence-electron chi connectivity index (χ3n) is 2.49. The summed E-state index contributed by atoms with van der Waals surface area (Å²) < 4.78 is 1.09. The van der Waals surface area contributed by atoms with Crippen LogP contribution in [-0.4, -0.2) is 4.98 Å². The highest BCUT2D eigenvalue weighted by Gasteiger charge is 2.08. The first-order chi connectivity index (χ1) is 8.22. The number of hydrogen-bond donors (Lipinski definition) is 1. The Balaban J connectivity index is 2.13. The topological polar surface area (TPSA) is 53.0 Å². The Morgan fingerprint density at radius 3 is 2.88 bits per heavy atom. The number of nitrogens with zero attached hydrogens (tertiary/aromatic N) is 1. The van der Waals surface area contributed by atoms with Crippen LogP contribution < -0.4 is 10.7 Å². The molecule has 2 heterocycles. The van der Waals surface area contributed by atoms with Crippen molar-refractivity contribution in [2.45, 2.75) is 0 Å². The monoisotopic (exact) mass is 262 g/mol. The van der Waals surface area contributed by atoms with Gasteiger partial charge in [-0.05, 0) is 24.3 Å². The molecular formula is C12H9ClN3S+. The van der Waals surface area contributed by atoms with Gasteiger partial charge in [0.15, 0.2) is 11.3 Å². The van der Waals surface area contributed by atoms with Crippen molar-refractivity contribution in [3.63, 3.8) is 0 Å². The highest BCUT2D eigenvalue weighted by molar-refractivity contribution is 7.22. The van der Waals surface area contributed by atoms with Gasteiger partial charge in [-0.25, -0.2) is 9.97 Å². The van der Waals surface area contributed by atoms with Crippen molar-refractivity contribution in [2.24, 2.45) is 0 Å². The van der Waals surface area contributed by atoms with Gasteiger partial charge in [-0.2, -0.15) is 0 Å². The fraction of sp³-hybridized carbons (Fsp3) is 0. The van der Waals surface area contributed by atoms with Crippen LogP contribution >= 0.6 is 22.9 Å². The zero-order valence-electron chi connectivity index (χ0n) is 8.77. The Morgan fingerprint density at radius 2 is 2.12 bits per heavy atom. The molecule has 0 amide bonds. The van der Waals surface area contributed by atoms with Gasteiger partial charge < -0.3 is 5.73 Å². The van der Waals surface area contributed by atoms with Crippen molar-refractivity contribution in [2.75, 3.05) is 5.73 Å². The quantitative estimate of drug-likeness (QED) is 0.733. The second-order valence-electron chi connectivity index (χ2n) is 3.66. The van der Waals surface area contributed by atoms with E-state index in [1.807, 2.05) is 24.3 Å². The zero-order valence-corrected chi connectivity index (χ0v) is 10.3. The lowest BCUT2D eigenvalue weighted by Crippen LogP contribution is -2.04. The minimum absolute atomic E-state index is 0.595. The highest BCUT2D eigenvalue weighted by Crippen LogP contribution is 2.27. The van der Waals surface area contributed by atoms with Gasteiger partial charge in [-0.1, -0.05) is 22.9 Å². The van der Waals surface area contributed by atoms with E-state index in [4.69, 9.17) is 17.3 Å². The summed E-state index contributed by atoms with van der Waals surface area (Å²) in [6.07, 6.45) is 1.77. The van der Waals surface area contributed by atoms with Crippen LogP contribution in [-0.2, 0) is 0 Å². The molecule has 17 heavy (non-hydrogen) atoms. The Kier molecular flexibility index (Phi) is 2.46. The molecule has 0 saturated carbocycles. The molecule has 1 aromatic carbocycles. The van der Waals surface area contributed by atoms with Crippen LogP contribution in [0.2, 0.25) is 5.02 Å². The first-order valence-electron chi connectivity index (χ1n) is 5.06. The Morgan fingerprint density at radius 1 is 1.24 bits per heavy atom. The number of halogens is 1. The van der Waals surface area contributed by atoms with Crippen molar-refractivity contribution in [1.82, 2.24) is 4.98 Å². The van der Waals surface area contributed by atoms with Crippen LogP contribution in [0, 0.1) is 0 Å². The molecule has 0 fully saturated rings. The summed E-state index contributed by atoms with van der Waals surface area (Å²) in [6, 6.07) is 9.87. The average Bonchev–Trinajstić information content (AvgIpc) is 2.69. The number of thiazole rings is 1. The molecule has 0 atom stereocenters. The van der Waals surface area contributed by atoms with E-state index in [1.165, 1.54) is 11.3 Å². The van der Waals surface area contributed by atoms with Gasteiger partial charge in [0.05, 0.1) is 10.2 Å². The predicted molar refractivity (Wildman–Crippen MR) is 71.0 cm³/mol. The number of aromatic amines is 1. The van der Waals surface area contributed by atoms with E-state index in [0.29, 0.717) is 10.2 Å². The standard InChI is InChI=1S/C12H8ClN3S/c13-8-2-4-9(15-6-8)7-1-3-10-11(5-7)17-12(14)16-10/h1-6H,(H2,14,16)/p+1. The van der Waals surface area contributed by atoms with Crippen LogP contribution in [0.3, 0.4) is 0 Å². The molecule has 84 valence electrons. The van der Waals surface area contributed by atoms with Gasteiger partial charge in [0.25, 0.3) is 0 Å². The molecular weight excluding hydrogens is 254 g/mol. The lowest BCUT2D eigenvalue weighted by atomic mass is 10.1. The van der Waals surface area contributed by atoms with E-state index in [0.717, 1.165) is 21.5 Å². The molecule has 0 unspecified atom stereocenters. The van der Waals surface area contributed by atoms with Crippen LogP contribution in [0.1, 0.15) is 0 Å². The van der Waals surface area contributed by atoms with Gasteiger partial charge in [0.1, 0.15) is 5.02 Å². The molecule has 0 aliphatic rings. The van der Waals surface area contributed by atoms with E-state index >= 15 is 0 Å². The number of aromatic nitrogens is 2. The molecule has 3 aromatic rings. The van der Waals surface area contributed by atoms with E-state index in [9.17, 15) is 0 Å². The maximum atomic E-state index is 5.84. The largest absolute Gasteiger partial charge is 0.375 e. The van der Waals surface area contributed by atoms with Crippen molar-refractivity contribution in [3.05, 3.63) is 41.6 Å². The lowest BCUT2D eigenvalue weighted by Gasteiger charge is -1.95. The molecule has 0 bridgehead atoms. The van der Waals surface area contributed by atoms with Crippen LogP contribution in [0.15, 0.2) is 36.5 Å². The molecule has 3 N–H and O–H groups in total. The maximum absolute atomic E-state index is 5.84. The van der Waals surface area contributed by atoms with E-state index in [2.05, 4.69) is 16.0 Å². The van der Waals surface area contributed by atoms with Crippen molar-refractivity contribution >= 4 is 38.3 Å². The smallest absolute Gasteiger partial charge is 0.210 e. The number of H-pyrrole nitrogens is 1. The molecule has 0 radical (unpaired) electrons. The normalized spacial score (nSPS) is 10.9. The first kappa shape index (κ1) is 10.5. The predicted octanol–water partition coefficient (Wildman–Crippen LogP) is 3.01. The lowest BCUT2D eigenvalue weighted by molar-refractivity contribution is -0.364. The number of fused-ring (bicyclic) bond motifs is 1. The molecule has 0 aliphatic carbocycles. The minimum Gasteiger partial charge on any atom is -0.375 e. The molecule has 3 nitrogen and oxygen atoms in total. The van der Waals surface area contributed by atoms with Crippen molar-refractivity contribution < 1.29 is 4.98 Å². The Labute approximate surface area is 107 Å². The van der Waals surface area contributed by atoms with Gasteiger partial charge >= 0.3 is 0 Å². The third-order valence-corrected chi connectivity index (χ3v) is 3.57. The fourth-order valence-electron chi connectivity index (χ4n) is 1.70. The maximum Gasteiger partial charge on any atom is 0.210 e. The number of anilines is 1. The summed E-state index contributed by atoms with van der Waals surface area (Å²) >= 11 is 7.33. The highest BCUT2D eigenvalue weighted by atomic mass is 35.5. The number of benzene rings is 1. The number of nitrogens with one attached hydrogen (secondary N) is 1. The van der Waals surface area contributed by atoms with Gasteiger partial charge in [0, 0.05) is 11.6 Å². The fourth-order valence-corrected chi connectivity index (χ4v) is 2.59. The van der Waals surface area contributed by atoms with E-state index in [1.54, 1.807) is 6.20 Å². The first-order valence-corrected chi connectivity index (χ1v) is 6.25. The number of rotatable bonds is 1. The zero-order chi connectivity index (χ0) is 11.8. The van der Waals surface area contributed by atoms with E-state index < -0.39 is 0 Å². The van der Waals surface area contributed by atoms with Crippen molar-refractivity contribution in [3.8, 4) is 11.3 Å². The Hall–Kier alpha value is -1.65.